The number of hydrogen-bond donors (Lipinski definition) is 1. The van der Waals surface area contributed by atoms with Crippen LogP contribution in [0.15, 0.2) is 30.3 Å². The van der Waals surface area contributed by atoms with Gasteiger partial charge in [0.1, 0.15) is 5.15 Å². The van der Waals surface area contributed by atoms with Gasteiger partial charge in [-0.25, -0.2) is 4.98 Å². The molecule has 0 bridgehead atoms. The minimum atomic E-state index is -0.184. The number of benzene rings is 1. The van der Waals surface area contributed by atoms with Crippen LogP contribution in [0.4, 0.5) is 0 Å². The summed E-state index contributed by atoms with van der Waals surface area (Å²) in [5, 5.41) is 10.5. The summed E-state index contributed by atoms with van der Waals surface area (Å²) in [4.78, 5) is 4.06. The highest BCUT2D eigenvalue weighted by Crippen LogP contribution is 2.30. The van der Waals surface area contributed by atoms with Gasteiger partial charge in [-0.1, -0.05) is 40.9 Å². The molecule has 0 fully saturated rings. The number of rotatable bonds is 2. The molecular weight excluding hydrogens is 280 g/mol. The average molecular weight is 289 g/mol. The number of aliphatic hydroxyl groups excluding tert-OH is 1. The zero-order valence-electron chi connectivity index (χ0n) is 8.62. The Bertz CT molecular complexity index is 557. The first-order valence-corrected chi connectivity index (χ1v) is 5.97. The molecule has 1 N–H and O–H groups in total. The molecule has 0 saturated carbocycles. The fraction of sp³-hybridized carbons (Fsp3) is 0.0833. The monoisotopic (exact) mass is 287 g/mol. The highest BCUT2D eigenvalue weighted by atomic mass is 35.5. The van der Waals surface area contributed by atoms with Gasteiger partial charge in [-0.2, -0.15) is 0 Å². The van der Waals surface area contributed by atoms with Crippen molar-refractivity contribution < 1.29 is 5.11 Å². The molecule has 1 heterocycles. The summed E-state index contributed by atoms with van der Waals surface area (Å²) in [5.41, 5.74) is 2.14. The Balaban J connectivity index is 2.55. The molecule has 0 aliphatic heterocycles. The summed E-state index contributed by atoms with van der Waals surface area (Å²) < 4.78 is 0. The standard InChI is InChI=1S/C12H8Cl3NO/c13-9-3-1-7(5-10(9)14)8-2-4-12(15)16-11(8)6-17/h1-5,17H,6H2. The van der Waals surface area contributed by atoms with Crippen LogP contribution in [-0.2, 0) is 6.61 Å². The molecule has 2 rings (SSSR count). The van der Waals surface area contributed by atoms with Gasteiger partial charge in [0.15, 0.2) is 0 Å². The van der Waals surface area contributed by atoms with Crippen LogP contribution in [0, 0.1) is 0 Å². The Morgan fingerprint density at radius 3 is 2.41 bits per heavy atom. The molecule has 0 aliphatic rings. The average Bonchev–Trinajstić information content (AvgIpc) is 2.32. The van der Waals surface area contributed by atoms with Crippen LogP contribution in [0.25, 0.3) is 11.1 Å². The number of aliphatic hydroxyl groups is 1. The van der Waals surface area contributed by atoms with Crippen molar-refractivity contribution in [2.24, 2.45) is 0 Å². The van der Waals surface area contributed by atoms with E-state index in [1.54, 1.807) is 24.3 Å². The van der Waals surface area contributed by atoms with Crippen molar-refractivity contribution in [1.29, 1.82) is 0 Å². The van der Waals surface area contributed by atoms with E-state index < -0.39 is 0 Å². The first-order valence-electron chi connectivity index (χ1n) is 4.83. The molecular formula is C12H8Cl3NO. The summed E-state index contributed by atoms with van der Waals surface area (Å²) in [7, 11) is 0. The van der Waals surface area contributed by atoms with Gasteiger partial charge in [0.25, 0.3) is 0 Å². The van der Waals surface area contributed by atoms with E-state index in [-0.39, 0.29) is 6.61 Å². The van der Waals surface area contributed by atoms with Gasteiger partial charge >= 0.3 is 0 Å². The second kappa shape index (κ2) is 5.23. The van der Waals surface area contributed by atoms with Crippen molar-refractivity contribution in [3.63, 3.8) is 0 Å². The molecule has 1 aromatic carbocycles. The fourth-order valence-corrected chi connectivity index (χ4v) is 1.98. The Labute approximate surface area is 114 Å². The van der Waals surface area contributed by atoms with Crippen molar-refractivity contribution in [2.45, 2.75) is 6.61 Å². The normalized spacial score (nSPS) is 10.6. The SMILES string of the molecule is OCc1nc(Cl)ccc1-c1ccc(Cl)c(Cl)c1. The van der Waals surface area contributed by atoms with E-state index in [1.807, 2.05) is 6.07 Å². The van der Waals surface area contributed by atoms with Crippen LogP contribution in [0.5, 0.6) is 0 Å². The molecule has 2 nitrogen and oxygen atoms in total. The highest BCUT2D eigenvalue weighted by molar-refractivity contribution is 6.42. The second-order valence-corrected chi connectivity index (χ2v) is 4.62. The van der Waals surface area contributed by atoms with E-state index in [0.717, 1.165) is 11.1 Å². The zero-order valence-corrected chi connectivity index (χ0v) is 10.9. The predicted molar refractivity (Wildman–Crippen MR) is 70.6 cm³/mol. The number of aromatic nitrogens is 1. The van der Waals surface area contributed by atoms with Crippen LogP contribution >= 0.6 is 34.8 Å². The van der Waals surface area contributed by atoms with Crippen LogP contribution in [0.1, 0.15) is 5.69 Å². The minimum absolute atomic E-state index is 0.184. The maximum atomic E-state index is 9.25. The third kappa shape index (κ3) is 2.72. The topological polar surface area (TPSA) is 33.1 Å². The van der Waals surface area contributed by atoms with Gasteiger partial charge in [-0.15, -0.1) is 0 Å². The molecule has 0 amide bonds. The lowest BCUT2D eigenvalue weighted by atomic mass is 10.0. The fourth-order valence-electron chi connectivity index (χ4n) is 1.52. The van der Waals surface area contributed by atoms with Gasteiger partial charge in [-0.05, 0) is 29.8 Å². The van der Waals surface area contributed by atoms with E-state index >= 15 is 0 Å². The maximum absolute atomic E-state index is 9.25. The first-order chi connectivity index (χ1) is 8.11. The molecule has 0 saturated heterocycles. The Hall–Kier alpha value is -0.800. The van der Waals surface area contributed by atoms with E-state index in [4.69, 9.17) is 34.8 Å². The Morgan fingerprint density at radius 2 is 1.76 bits per heavy atom. The lowest BCUT2D eigenvalue weighted by Gasteiger charge is -2.08. The van der Waals surface area contributed by atoms with E-state index in [1.165, 1.54) is 0 Å². The summed E-state index contributed by atoms with van der Waals surface area (Å²) >= 11 is 17.6. The smallest absolute Gasteiger partial charge is 0.129 e. The van der Waals surface area contributed by atoms with Crippen molar-refractivity contribution in [1.82, 2.24) is 4.98 Å². The first kappa shape index (κ1) is 12.7. The molecule has 88 valence electrons. The van der Waals surface area contributed by atoms with Gasteiger partial charge in [0, 0.05) is 5.56 Å². The molecule has 5 heteroatoms. The van der Waals surface area contributed by atoms with Crippen LogP contribution in [0.3, 0.4) is 0 Å². The molecule has 1 aromatic heterocycles. The lowest BCUT2D eigenvalue weighted by molar-refractivity contribution is 0.277. The van der Waals surface area contributed by atoms with Gasteiger partial charge in [0.05, 0.1) is 22.3 Å². The summed E-state index contributed by atoms with van der Waals surface area (Å²) in [6, 6.07) is 8.71. The molecule has 0 unspecified atom stereocenters. The molecule has 0 radical (unpaired) electrons. The molecule has 0 spiro atoms. The second-order valence-electron chi connectivity index (χ2n) is 3.42. The largest absolute Gasteiger partial charge is 0.390 e. The van der Waals surface area contributed by atoms with Gasteiger partial charge in [0.2, 0.25) is 0 Å². The number of pyridine rings is 1. The van der Waals surface area contributed by atoms with E-state index in [2.05, 4.69) is 4.98 Å². The minimum Gasteiger partial charge on any atom is -0.390 e. The maximum Gasteiger partial charge on any atom is 0.129 e. The Kier molecular flexibility index (Phi) is 3.89. The number of halogens is 3. The van der Waals surface area contributed by atoms with Crippen molar-refractivity contribution in [2.75, 3.05) is 0 Å². The van der Waals surface area contributed by atoms with Gasteiger partial charge < -0.3 is 5.11 Å². The molecule has 2 aromatic rings. The van der Waals surface area contributed by atoms with Crippen molar-refractivity contribution in [3.8, 4) is 11.1 Å². The molecule has 17 heavy (non-hydrogen) atoms. The summed E-state index contributed by atoms with van der Waals surface area (Å²) in [6.07, 6.45) is 0. The summed E-state index contributed by atoms with van der Waals surface area (Å²) in [6.45, 7) is -0.184. The Morgan fingerprint density at radius 1 is 1.00 bits per heavy atom. The third-order valence-corrected chi connectivity index (χ3v) is 3.27. The number of nitrogens with zero attached hydrogens (tertiary/aromatic N) is 1. The third-order valence-electron chi connectivity index (χ3n) is 2.32. The highest BCUT2D eigenvalue weighted by Gasteiger charge is 2.08. The zero-order chi connectivity index (χ0) is 12.4. The van der Waals surface area contributed by atoms with E-state index in [0.29, 0.717) is 20.9 Å². The number of hydrogen-bond acceptors (Lipinski definition) is 2. The summed E-state index contributed by atoms with van der Waals surface area (Å²) in [5.74, 6) is 0. The van der Waals surface area contributed by atoms with Crippen molar-refractivity contribution in [3.05, 3.63) is 51.2 Å². The predicted octanol–water partition coefficient (Wildman–Crippen LogP) is 4.20. The van der Waals surface area contributed by atoms with Crippen LogP contribution in [0.2, 0.25) is 15.2 Å². The van der Waals surface area contributed by atoms with Crippen LogP contribution < -0.4 is 0 Å². The molecule has 0 aliphatic carbocycles. The van der Waals surface area contributed by atoms with Crippen LogP contribution in [-0.4, -0.2) is 10.1 Å². The van der Waals surface area contributed by atoms with Gasteiger partial charge in [-0.3, -0.25) is 0 Å². The molecule has 0 atom stereocenters. The lowest BCUT2D eigenvalue weighted by Crippen LogP contribution is -1.94. The van der Waals surface area contributed by atoms with E-state index in [9.17, 15) is 5.11 Å². The quantitative estimate of drug-likeness (QED) is 0.840. The van der Waals surface area contributed by atoms with Crippen molar-refractivity contribution >= 4 is 34.8 Å².